The second-order valence-corrected chi connectivity index (χ2v) is 5.59. The van der Waals surface area contributed by atoms with Crippen molar-refractivity contribution in [3.8, 4) is 0 Å². The highest BCUT2D eigenvalue weighted by molar-refractivity contribution is 5.84. The summed E-state index contributed by atoms with van der Waals surface area (Å²) in [6, 6.07) is 22.3. The van der Waals surface area contributed by atoms with Crippen LogP contribution < -0.4 is 10.9 Å². The molecule has 2 N–H and O–H groups in total. The largest absolute Gasteiger partial charge is 0.444 e. The van der Waals surface area contributed by atoms with Crippen molar-refractivity contribution in [2.24, 2.45) is 0 Å². The number of H-pyrrole nitrogens is 1. The summed E-state index contributed by atoms with van der Waals surface area (Å²) < 4.78 is 5.11. The Morgan fingerprint density at radius 1 is 0.923 bits per heavy atom. The lowest BCUT2D eigenvalue weighted by atomic mass is 10.2. The van der Waals surface area contributed by atoms with Gasteiger partial charge in [0.15, 0.2) is 0 Å². The zero-order valence-corrected chi connectivity index (χ0v) is 14.0. The number of amides is 1. The van der Waals surface area contributed by atoms with Crippen LogP contribution in [0.25, 0.3) is 12.2 Å². The third kappa shape index (κ3) is 4.95. The molecule has 0 saturated carbocycles. The summed E-state index contributed by atoms with van der Waals surface area (Å²) in [4.78, 5) is 26.6. The van der Waals surface area contributed by atoms with Crippen molar-refractivity contribution in [3.63, 3.8) is 0 Å². The normalized spacial score (nSPS) is 10.6. The van der Waals surface area contributed by atoms with Crippen LogP contribution >= 0.6 is 0 Å². The van der Waals surface area contributed by atoms with Crippen molar-refractivity contribution >= 4 is 23.9 Å². The minimum absolute atomic E-state index is 0.139. The fourth-order valence-electron chi connectivity index (χ4n) is 2.30. The average molecular weight is 346 g/mol. The molecule has 0 fully saturated rings. The van der Waals surface area contributed by atoms with Crippen molar-refractivity contribution in [1.82, 2.24) is 4.98 Å². The lowest BCUT2D eigenvalue weighted by Crippen LogP contribution is -2.20. The number of pyridine rings is 1. The van der Waals surface area contributed by atoms with Crippen molar-refractivity contribution in [1.29, 1.82) is 0 Å². The molecular formula is C21H18N2O3. The second kappa shape index (κ2) is 8.48. The summed E-state index contributed by atoms with van der Waals surface area (Å²) in [6.45, 7) is 0.141. The number of rotatable bonds is 5. The number of ether oxygens (including phenoxy) is 1. The molecule has 1 heterocycles. The van der Waals surface area contributed by atoms with Crippen molar-refractivity contribution < 1.29 is 9.53 Å². The predicted molar refractivity (Wildman–Crippen MR) is 103 cm³/mol. The highest BCUT2D eigenvalue weighted by atomic mass is 16.5. The third-order valence-electron chi connectivity index (χ3n) is 3.64. The number of aromatic nitrogens is 1. The Morgan fingerprint density at radius 3 is 2.31 bits per heavy atom. The molecule has 0 saturated heterocycles. The van der Waals surface area contributed by atoms with E-state index >= 15 is 0 Å². The van der Waals surface area contributed by atoms with Crippen molar-refractivity contribution in [2.75, 3.05) is 5.32 Å². The zero-order chi connectivity index (χ0) is 18.2. The quantitative estimate of drug-likeness (QED) is 0.724. The van der Waals surface area contributed by atoms with Crippen LogP contribution in [-0.2, 0) is 11.3 Å². The lowest BCUT2D eigenvalue weighted by molar-refractivity contribution is 0.155. The molecule has 0 atom stereocenters. The van der Waals surface area contributed by atoms with Crippen LogP contribution in [0.3, 0.4) is 0 Å². The molecule has 3 aromatic rings. The van der Waals surface area contributed by atoms with Crippen LogP contribution in [-0.4, -0.2) is 11.1 Å². The van der Waals surface area contributed by atoms with E-state index in [0.717, 1.165) is 11.1 Å². The summed E-state index contributed by atoms with van der Waals surface area (Å²) in [5.41, 5.74) is 2.29. The Labute approximate surface area is 151 Å². The predicted octanol–water partition coefficient (Wildman–Crippen LogP) is 4.29. The molecule has 1 aromatic heterocycles. The van der Waals surface area contributed by atoms with Gasteiger partial charge in [0.2, 0.25) is 0 Å². The Bertz CT molecular complexity index is 948. The van der Waals surface area contributed by atoms with E-state index in [9.17, 15) is 9.59 Å². The molecule has 0 unspecified atom stereocenters. The molecule has 0 aliphatic rings. The van der Waals surface area contributed by atoms with E-state index in [1.165, 1.54) is 0 Å². The smallest absolute Gasteiger partial charge is 0.412 e. The minimum atomic E-state index is -0.674. The van der Waals surface area contributed by atoms with Gasteiger partial charge in [-0.15, -0.1) is 0 Å². The van der Waals surface area contributed by atoms with Gasteiger partial charge in [0.05, 0.1) is 0 Å². The van der Waals surface area contributed by atoms with Gasteiger partial charge >= 0.3 is 6.09 Å². The number of hydrogen-bond donors (Lipinski definition) is 2. The highest BCUT2D eigenvalue weighted by Gasteiger charge is 2.07. The van der Waals surface area contributed by atoms with Crippen LogP contribution in [0.2, 0.25) is 0 Å². The fraction of sp³-hybridized carbons (Fsp3) is 0.0476. The summed E-state index contributed by atoms with van der Waals surface area (Å²) in [7, 11) is 0. The Morgan fingerprint density at radius 2 is 1.62 bits per heavy atom. The molecule has 0 radical (unpaired) electrons. The first-order valence-electron chi connectivity index (χ1n) is 8.15. The molecular weight excluding hydrogens is 328 g/mol. The van der Waals surface area contributed by atoms with E-state index in [4.69, 9.17) is 4.74 Å². The summed E-state index contributed by atoms with van der Waals surface area (Å²) >= 11 is 0. The maximum atomic E-state index is 12.1. The fourth-order valence-corrected chi connectivity index (χ4v) is 2.30. The number of carbonyl (C=O) groups excluding carboxylic acids is 1. The number of anilines is 1. The van der Waals surface area contributed by atoms with Crippen molar-refractivity contribution in [3.05, 3.63) is 100.0 Å². The lowest BCUT2D eigenvalue weighted by Gasteiger charge is -2.06. The molecule has 26 heavy (non-hydrogen) atoms. The second-order valence-electron chi connectivity index (χ2n) is 5.59. The SMILES string of the molecule is O=C(Nc1ccc(/C=C/c2ccccc2)[nH]c1=O)OCc1ccccc1. The molecule has 1 amide bonds. The molecule has 0 bridgehead atoms. The maximum Gasteiger partial charge on any atom is 0.412 e. The van der Waals surface area contributed by atoms with Gasteiger partial charge in [-0.1, -0.05) is 66.7 Å². The Hall–Kier alpha value is -3.60. The molecule has 5 nitrogen and oxygen atoms in total. The first-order valence-corrected chi connectivity index (χ1v) is 8.15. The van der Waals surface area contributed by atoms with Crippen LogP contribution in [0.1, 0.15) is 16.8 Å². The highest BCUT2D eigenvalue weighted by Crippen LogP contribution is 2.08. The van der Waals surface area contributed by atoms with E-state index in [0.29, 0.717) is 5.69 Å². The summed E-state index contributed by atoms with van der Waals surface area (Å²) in [5.74, 6) is 0. The zero-order valence-electron chi connectivity index (χ0n) is 14.0. The minimum Gasteiger partial charge on any atom is -0.444 e. The van der Waals surface area contributed by atoms with Gasteiger partial charge in [-0.3, -0.25) is 10.1 Å². The maximum absolute atomic E-state index is 12.1. The molecule has 2 aromatic carbocycles. The first-order chi connectivity index (χ1) is 12.7. The average Bonchev–Trinajstić information content (AvgIpc) is 2.68. The Kier molecular flexibility index (Phi) is 5.62. The topological polar surface area (TPSA) is 71.2 Å². The monoisotopic (exact) mass is 346 g/mol. The number of nitrogens with one attached hydrogen (secondary N) is 2. The number of aromatic amines is 1. The van der Waals surface area contributed by atoms with Crippen LogP contribution in [0, 0.1) is 0 Å². The van der Waals surface area contributed by atoms with Gasteiger partial charge in [0, 0.05) is 5.69 Å². The molecule has 3 rings (SSSR count). The number of hydrogen-bond acceptors (Lipinski definition) is 3. The number of carbonyl (C=O) groups is 1. The van der Waals surface area contributed by atoms with E-state index in [-0.39, 0.29) is 12.3 Å². The van der Waals surface area contributed by atoms with Gasteiger partial charge in [-0.2, -0.15) is 0 Å². The molecule has 0 aliphatic carbocycles. The van der Waals surface area contributed by atoms with Gasteiger partial charge in [-0.05, 0) is 29.3 Å². The van der Waals surface area contributed by atoms with Crippen molar-refractivity contribution in [2.45, 2.75) is 6.61 Å². The molecule has 0 aliphatic heterocycles. The standard InChI is InChI=1S/C21H18N2O3/c24-20-19(23-21(25)26-15-17-9-5-2-6-10-17)14-13-18(22-20)12-11-16-7-3-1-4-8-16/h1-14H,15H2,(H,22,24)(H,23,25)/b12-11+. The molecule has 130 valence electrons. The van der Waals surface area contributed by atoms with Gasteiger partial charge in [0.1, 0.15) is 12.3 Å². The van der Waals surface area contributed by atoms with Crippen LogP contribution in [0.15, 0.2) is 77.6 Å². The van der Waals surface area contributed by atoms with Gasteiger partial charge in [0.25, 0.3) is 5.56 Å². The van der Waals surface area contributed by atoms with E-state index in [2.05, 4.69) is 10.3 Å². The van der Waals surface area contributed by atoms with E-state index in [1.807, 2.05) is 66.7 Å². The van der Waals surface area contributed by atoms with Gasteiger partial charge in [-0.25, -0.2) is 4.79 Å². The molecule has 0 spiro atoms. The number of benzene rings is 2. The van der Waals surface area contributed by atoms with E-state index < -0.39 is 11.7 Å². The summed E-state index contributed by atoms with van der Waals surface area (Å²) in [6.07, 6.45) is 3.02. The van der Waals surface area contributed by atoms with Gasteiger partial charge < -0.3 is 9.72 Å². The van der Waals surface area contributed by atoms with Crippen LogP contribution in [0.5, 0.6) is 0 Å². The Balaban J connectivity index is 1.60. The van der Waals surface area contributed by atoms with E-state index in [1.54, 1.807) is 18.2 Å². The van der Waals surface area contributed by atoms with Crippen LogP contribution in [0.4, 0.5) is 10.5 Å². The first kappa shape index (κ1) is 17.2. The summed E-state index contributed by atoms with van der Waals surface area (Å²) in [5, 5.41) is 2.45. The molecule has 5 heteroatoms. The third-order valence-corrected chi connectivity index (χ3v) is 3.64.